The Morgan fingerprint density at radius 1 is 1.64 bits per heavy atom. The van der Waals surface area contributed by atoms with Crippen LogP contribution < -0.4 is 17.3 Å². The van der Waals surface area contributed by atoms with Crippen molar-refractivity contribution in [1.82, 2.24) is 5.01 Å². The number of hydrazine groups is 1. The zero-order chi connectivity index (χ0) is 8.43. The smallest absolute Gasteiger partial charge is 0.185 e. The Morgan fingerprint density at radius 3 is 2.82 bits per heavy atom. The van der Waals surface area contributed by atoms with E-state index in [9.17, 15) is 0 Å². The molecular weight excluding hydrogens is 162 g/mol. The predicted octanol–water partition coefficient (Wildman–Crippen LogP) is -1.02. The van der Waals surface area contributed by atoms with Gasteiger partial charge in [-0.15, -0.1) is 11.8 Å². The van der Waals surface area contributed by atoms with Crippen molar-refractivity contribution in [2.75, 3.05) is 6.26 Å². The number of amidine groups is 1. The molecule has 0 aliphatic carbocycles. The molecule has 6 heteroatoms. The van der Waals surface area contributed by atoms with Crippen molar-refractivity contribution >= 4 is 17.6 Å². The molecule has 0 saturated heterocycles. The molecule has 1 unspecified atom stereocenters. The van der Waals surface area contributed by atoms with Gasteiger partial charge in [-0.1, -0.05) is 0 Å². The highest BCUT2D eigenvalue weighted by molar-refractivity contribution is 7.99. The summed E-state index contributed by atoms with van der Waals surface area (Å²) in [5.41, 5.74) is 10.8. The second kappa shape index (κ2) is 3.02. The van der Waals surface area contributed by atoms with Crippen LogP contribution in [-0.2, 0) is 0 Å². The summed E-state index contributed by atoms with van der Waals surface area (Å²) in [4.78, 5) is 4.03. The molecule has 0 aromatic heterocycles. The molecule has 0 spiro atoms. The molecule has 0 radical (unpaired) electrons. The Labute approximate surface area is 69.3 Å². The van der Waals surface area contributed by atoms with Crippen molar-refractivity contribution in [3.8, 4) is 0 Å². The van der Waals surface area contributed by atoms with Crippen molar-refractivity contribution < 1.29 is 0 Å². The summed E-state index contributed by atoms with van der Waals surface area (Å²) in [6, 6.07) is 0. The Morgan fingerprint density at radius 2 is 2.27 bits per heavy atom. The average Bonchev–Trinajstić information content (AvgIpc) is 1.96. The van der Waals surface area contributed by atoms with Gasteiger partial charge in [-0.05, 0) is 6.26 Å². The number of thioether (sulfide) groups is 1. The standard InChI is InChI=1S/C5H11N5S/c1-11-5-9-3(6)2-4(7)10(5)8/h2,5H,7-8H2,1H3,(H2,6,9). The molecule has 0 aromatic rings. The molecule has 62 valence electrons. The molecule has 1 heterocycles. The zero-order valence-corrected chi connectivity index (χ0v) is 7.01. The number of hydrogen-bond acceptors (Lipinski definition) is 6. The molecule has 0 amide bonds. The molecule has 1 atom stereocenters. The minimum absolute atomic E-state index is 0.194. The summed E-state index contributed by atoms with van der Waals surface area (Å²) in [6.45, 7) is 0. The lowest BCUT2D eigenvalue weighted by atomic mass is 10.4. The fourth-order valence-corrected chi connectivity index (χ4v) is 1.32. The quantitative estimate of drug-likeness (QED) is 0.441. The van der Waals surface area contributed by atoms with Crippen molar-refractivity contribution in [3.63, 3.8) is 0 Å². The zero-order valence-electron chi connectivity index (χ0n) is 6.19. The van der Waals surface area contributed by atoms with Gasteiger partial charge in [-0.3, -0.25) is 5.01 Å². The molecule has 11 heavy (non-hydrogen) atoms. The third kappa shape index (κ3) is 1.58. The van der Waals surface area contributed by atoms with Crippen molar-refractivity contribution in [3.05, 3.63) is 11.9 Å². The molecular formula is C5H11N5S. The average molecular weight is 173 g/mol. The van der Waals surface area contributed by atoms with Gasteiger partial charge in [0.2, 0.25) is 0 Å². The maximum absolute atomic E-state index is 5.55. The number of aliphatic imine (C=N–C) groups is 1. The summed E-state index contributed by atoms with van der Waals surface area (Å²) in [5, 5.41) is 1.38. The van der Waals surface area contributed by atoms with Crippen LogP contribution in [-0.4, -0.2) is 22.6 Å². The highest BCUT2D eigenvalue weighted by atomic mass is 32.2. The number of nitrogens with two attached hydrogens (primary N) is 3. The van der Waals surface area contributed by atoms with Gasteiger partial charge in [0.15, 0.2) is 5.50 Å². The molecule has 0 saturated carbocycles. The lowest BCUT2D eigenvalue weighted by molar-refractivity contribution is 0.335. The highest BCUT2D eigenvalue weighted by Gasteiger charge is 2.17. The van der Waals surface area contributed by atoms with Gasteiger partial charge in [0.25, 0.3) is 0 Å². The van der Waals surface area contributed by atoms with E-state index in [1.807, 2.05) is 6.26 Å². The van der Waals surface area contributed by atoms with Crippen LogP contribution in [0.4, 0.5) is 0 Å². The maximum Gasteiger partial charge on any atom is 0.185 e. The predicted molar refractivity (Wildman–Crippen MR) is 47.2 cm³/mol. The molecule has 6 N–H and O–H groups in total. The normalized spacial score (nSPS) is 24.5. The molecule has 5 nitrogen and oxygen atoms in total. The first kappa shape index (κ1) is 8.22. The number of rotatable bonds is 1. The van der Waals surface area contributed by atoms with Crippen LogP contribution in [0, 0.1) is 0 Å². The van der Waals surface area contributed by atoms with Crippen LogP contribution in [0.15, 0.2) is 16.9 Å². The molecule has 0 aromatic carbocycles. The van der Waals surface area contributed by atoms with Crippen LogP contribution in [0.2, 0.25) is 0 Å². The van der Waals surface area contributed by atoms with E-state index in [2.05, 4.69) is 4.99 Å². The molecule has 1 aliphatic rings. The fourth-order valence-electron chi connectivity index (χ4n) is 0.747. The van der Waals surface area contributed by atoms with E-state index in [1.54, 1.807) is 0 Å². The minimum atomic E-state index is -0.194. The third-order valence-electron chi connectivity index (χ3n) is 1.30. The van der Waals surface area contributed by atoms with Crippen molar-refractivity contribution in [2.24, 2.45) is 22.3 Å². The molecule has 0 fully saturated rings. The SMILES string of the molecule is CSC1N=C(N)C=C(N)N1N. The molecule has 1 rings (SSSR count). The summed E-state index contributed by atoms with van der Waals surface area (Å²) < 4.78 is 0. The van der Waals surface area contributed by atoms with Crippen LogP contribution in [0.5, 0.6) is 0 Å². The van der Waals surface area contributed by atoms with E-state index in [-0.39, 0.29) is 5.50 Å². The van der Waals surface area contributed by atoms with Gasteiger partial charge >= 0.3 is 0 Å². The first-order chi connectivity index (χ1) is 5.15. The van der Waals surface area contributed by atoms with E-state index in [0.717, 1.165) is 0 Å². The van der Waals surface area contributed by atoms with Crippen molar-refractivity contribution in [2.45, 2.75) is 5.50 Å². The molecule has 0 bridgehead atoms. The van der Waals surface area contributed by atoms with Gasteiger partial charge in [-0.2, -0.15) is 0 Å². The van der Waals surface area contributed by atoms with Crippen molar-refractivity contribution in [1.29, 1.82) is 0 Å². The van der Waals surface area contributed by atoms with E-state index in [4.69, 9.17) is 17.3 Å². The van der Waals surface area contributed by atoms with E-state index >= 15 is 0 Å². The van der Waals surface area contributed by atoms with Gasteiger partial charge in [0.1, 0.15) is 11.7 Å². The lowest BCUT2D eigenvalue weighted by Crippen LogP contribution is -2.44. The van der Waals surface area contributed by atoms with Crippen LogP contribution >= 0.6 is 11.8 Å². The topological polar surface area (TPSA) is 93.7 Å². The summed E-state index contributed by atoms with van der Waals surface area (Å²) in [7, 11) is 0. The minimum Gasteiger partial charge on any atom is -0.384 e. The van der Waals surface area contributed by atoms with Gasteiger partial charge in [-0.25, -0.2) is 10.8 Å². The monoisotopic (exact) mass is 173 g/mol. The first-order valence-corrected chi connectivity index (χ1v) is 4.31. The Bertz CT molecular complexity index is 211. The highest BCUT2D eigenvalue weighted by Crippen LogP contribution is 2.16. The van der Waals surface area contributed by atoms with E-state index < -0.39 is 0 Å². The Hall–Kier alpha value is -0.880. The fraction of sp³-hybridized carbons (Fsp3) is 0.400. The number of nitrogens with zero attached hydrogens (tertiary/aromatic N) is 2. The van der Waals surface area contributed by atoms with Gasteiger partial charge in [0.05, 0.1) is 0 Å². The first-order valence-electron chi connectivity index (χ1n) is 3.02. The third-order valence-corrected chi connectivity index (χ3v) is 2.06. The Balaban J connectivity index is 2.81. The summed E-state index contributed by atoms with van der Waals surface area (Å²) >= 11 is 1.47. The lowest BCUT2D eigenvalue weighted by Gasteiger charge is -2.27. The van der Waals surface area contributed by atoms with Crippen LogP contribution in [0.1, 0.15) is 0 Å². The van der Waals surface area contributed by atoms with E-state index in [1.165, 1.54) is 22.8 Å². The summed E-state index contributed by atoms with van der Waals surface area (Å²) in [6.07, 6.45) is 3.42. The largest absolute Gasteiger partial charge is 0.384 e. The van der Waals surface area contributed by atoms with Crippen LogP contribution in [0.25, 0.3) is 0 Å². The van der Waals surface area contributed by atoms with Crippen LogP contribution in [0.3, 0.4) is 0 Å². The summed E-state index contributed by atoms with van der Waals surface area (Å²) in [5.74, 6) is 6.41. The van der Waals surface area contributed by atoms with Gasteiger partial charge < -0.3 is 11.5 Å². The molecule has 1 aliphatic heterocycles. The van der Waals surface area contributed by atoms with Gasteiger partial charge in [0, 0.05) is 6.08 Å². The second-order valence-electron chi connectivity index (χ2n) is 2.09. The maximum atomic E-state index is 5.55. The van der Waals surface area contributed by atoms with E-state index in [0.29, 0.717) is 11.7 Å². The Kier molecular flexibility index (Phi) is 2.25. The number of hydrogen-bond donors (Lipinski definition) is 3. The second-order valence-corrected chi connectivity index (χ2v) is 2.99.